The summed E-state index contributed by atoms with van der Waals surface area (Å²) in [5.41, 5.74) is 9.21. The molecule has 1 aliphatic heterocycles. The Morgan fingerprint density at radius 1 is 1.08 bits per heavy atom. The fourth-order valence-electron chi connectivity index (χ4n) is 4.17. The highest BCUT2D eigenvalue weighted by Gasteiger charge is 2.33. The number of carbonyl (C=O) groups excluding carboxylic acids is 2. The summed E-state index contributed by atoms with van der Waals surface area (Å²) in [5.74, 6) is -0.572. The van der Waals surface area contributed by atoms with Crippen LogP contribution in [0.3, 0.4) is 0 Å². The predicted octanol–water partition coefficient (Wildman–Crippen LogP) is 4.54. The molecular weight excluding hydrogens is 482 g/mol. The van der Waals surface area contributed by atoms with E-state index in [1.165, 1.54) is 18.2 Å². The van der Waals surface area contributed by atoms with Gasteiger partial charge in [0.15, 0.2) is 17.3 Å². The van der Waals surface area contributed by atoms with Crippen molar-refractivity contribution in [2.75, 3.05) is 7.11 Å². The summed E-state index contributed by atoms with van der Waals surface area (Å²) in [7, 11) is 1.35. The highest BCUT2D eigenvalue weighted by Crippen LogP contribution is 2.33. The lowest BCUT2D eigenvalue weighted by Gasteiger charge is -2.33. The van der Waals surface area contributed by atoms with Gasteiger partial charge in [0.2, 0.25) is 5.91 Å². The Morgan fingerprint density at radius 2 is 1.76 bits per heavy atom. The van der Waals surface area contributed by atoms with Gasteiger partial charge in [-0.2, -0.15) is 13.9 Å². The second-order valence-electron chi connectivity index (χ2n) is 8.41. The van der Waals surface area contributed by atoms with Crippen LogP contribution < -0.4 is 15.2 Å². The minimum absolute atomic E-state index is 0.100. The lowest BCUT2D eigenvalue weighted by atomic mass is 9.89. The zero-order chi connectivity index (χ0) is 26.5. The quantitative estimate of drug-likeness (QED) is 0.425. The normalized spacial score (nSPS) is 16.4. The number of ether oxygens (including phenoxy) is 2. The van der Waals surface area contributed by atoms with Crippen LogP contribution in [0.2, 0.25) is 0 Å². The van der Waals surface area contributed by atoms with Crippen molar-refractivity contribution in [2.24, 2.45) is 16.8 Å². The van der Waals surface area contributed by atoms with Gasteiger partial charge in [0.05, 0.1) is 12.8 Å². The molecule has 37 heavy (non-hydrogen) atoms. The topological polar surface area (TPSA) is 107 Å². The van der Waals surface area contributed by atoms with E-state index in [-0.39, 0.29) is 35.5 Å². The summed E-state index contributed by atoms with van der Waals surface area (Å²) >= 11 is 0. The minimum atomic E-state index is -2.99. The van der Waals surface area contributed by atoms with Crippen LogP contribution in [0.25, 0.3) is 0 Å². The summed E-state index contributed by atoms with van der Waals surface area (Å²) in [6.45, 7) is -1.06. The van der Waals surface area contributed by atoms with Crippen molar-refractivity contribution < 1.29 is 27.8 Å². The van der Waals surface area contributed by atoms with Crippen molar-refractivity contribution in [2.45, 2.75) is 32.5 Å². The molecule has 1 amide bonds. The molecule has 2 unspecified atom stereocenters. The first-order valence-electron chi connectivity index (χ1n) is 11.7. The molecule has 8 nitrogen and oxygen atoms in total. The highest BCUT2D eigenvalue weighted by atomic mass is 19.3. The van der Waals surface area contributed by atoms with Crippen LogP contribution in [0, 0.1) is 5.92 Å². The van der Waals surface area contributed by atoms with Crippen molar-refractivity contribution in [1.29, 1.82) is 0 Å². The summed E-state index contributed by atoms with van der Waals surface area (Å²) in [6.07, 6.45) is 3.02. The number of aromatic nitrogens is 1. The van der Waals surface area contributed by atoms with Gasteiger partial charge in [0.1, 0.15) is 6.17 Å². The van der Waals surface area contributed by atoms with Crippen LogP contribution >= 0.6 is 0 Å². The van der Waals surface area contributed by atoms with Gasteiger partial charge < -0.3 is 15.2 Å². The second kappa shape index (κ2) is 11.3. The average Bonchev–Trinajstić information content (AvgIpc) is 2.92. The molecular formula is C27H26F2N4O4. The van der Waals surface area contributed by atoms with Gasteiger partial charge in [-0.15, -0.1) is 0 Å². The van der Waals surface area contributed by atoms with Crippen LogP contribution in [0.15, 0.2) is 72.1 Å². The van der Waals surface area contributed by atoms with E-state index in [2.05, 4.69) is 14.8 Å². The van der Waals surface area contributed by atoms with Crippen molar-refractivity contribution in [3.05, 3.63) is 89.2 Å². The fraction of sp³-hybridized carbons (Fsp3) is 0.259. The number of pyridine rings is 1. The molecule has 3 aromatic rings. The Balaban J connectivity index is 1.62. The van der Waals surface area contributed by atoms with Gasteiger partial charge in [-0.3, -0.25) is 14.6 Å². The molecule has 10 heteroatoms. The number of methoxy groups -OCH3 is 1. The maximum Gasteiger partial charge on any atom is 0.387 e. The van der Waals surface area contributed by atoms with Gasteiger partial charge in [-0.1, -0.05) is 31.2 Å². The molecule has 192 valence electrons. The summed E-state index contributed by atoms with van der Waals surface area (Å²) in [6, 6.07) is 14.5. The Kier molecular flexibility index (Phi) is 7.88. The van der Waals surface area contributed by atoms with Crippen molar-refractivity contribution in [3.8, 4) is 11.5 Å². The molecule has 0 spiro atoms. The molecule has 2 N–H and O–H groups in total. The third kappa shape index (κ3) is 5.64. The number of ketones is 1. The number of nitrogens with two attached hydrogens (primary N) is 1. The number of hydrogen-bond acceptors (Lipinski definition) is 7. The van der Waals surface area contributed by atoms with E-state index >= 15 is 0 Å². The Bertz CT molecular complexity index is 1300. The van der Waals surface area contributed by atoms with E-state index in [9.17, 15) is 18.4 Å². The average molecular weight is 509 g/mol. The number of hydrogen-bond donors (Lipinski definition) is 1. The fourth-order valence-corrected chi connectivity index (χ4v) is 4.17. The monoisotopic (exact) mass is 508 g/mol. The van der Waals surface area contributed by atoms with E-state index in [0.29, 0.717) is 34.4 Å². The lowest BCUT2D eigenvalue weighted by Crippen LogP contribution is -2.42. The zero-order valence-electron chi connectivity index (χ0n) is 20.3. The molecule has 0 radical (unpaired) electrons. The number of halogens is 2. The maximum atomic E-state index is 13.0. The van der Waals surface area contributed by atoms with E-state index in [1.807, 2.05) is 6.92 Å². The van der Waals surface area contributed by atoms with Crippen LogP contribution in [0.1, 0.15) is 53.0 Å². The lowest BCUT2D eigenvalue weighted by molar-refractivity contribution is -0.135. The smallest absolute Gasteiger partial charge is 0.387 e. The third-order valence-corrected chi connectivity index (χ3v) is 6.17. The van der Waals surface area contributed by atoms with E-state index in [4.69, 9.17) is 10.5 Å². The van der Waals surface area contributed by atoms with E-state index in [1.54, 1.807) is 60.9 Å². The van der Waals surface area contributed by atoms with Gasteiger partial charge in [0, 0.05) is 41.4 Å². The van der Waals surface area contributed by atoms with Crippen LogP contribution in [-0.2, 0) is 4.79 Å². The summed E-state index contributed by atoms with van der Waals surface area (Å²) < 4.78 is 35.2. The Hall–Kier alpha value is -4.18. The van der Waals surface area contributed by atoms with Crippen molar-refractivity contribution >= 4 is 17.4 Å². The van der Waals surface area contributed by atoms with Crippen LogP contribution in [0.4, 0.5) is 8.78 Å². The standard InChI is InChI=1S/C27H26F2N4O4/c1-3-16-15-23(34)33(32-24(16)20-8-9-21(37-27(28)29)22(14-20)36-2)26(30)19-6-4-17(5-7-19)25(35)18-10-12-31-13-11-18/h4-14,16,26-27H,3,15,30H2,1-2H3. The van der Waals surface area contributed by atoms with Crippen LogP contribution in [0.5, 0.6) is 11.5 Å². The first kappa shape index (κ1) is 25.9. The molecule has 2 heterocycles. The summed E-state index contributed by atoms with van der Waals surface area (Å²) in [4.78, 5) is 29.6. The molecule has 0 bridgehead atoms. The Labute approximate surface area is 212 Å². The molecule has 0 saturated heterocycles. The van der Waals surface area contributed by atoms with Gasteiger partial charge in [-0.05, 0) is 42.3 Å². The molecule has 2 aromatic carbocycles. The Morgan fingerprint density at radius 3 is 2.38 bits per heavy atom. The molecule has 0 aliphatic carbocycles. The number of amides is 1. The SMILES string of the molecule is CCC1CC(=O)N(C(N)c2ccc(C(=O)c3ccncc3)cc2)N=C1c1ccc(OC(F)F)c(OC)c1. The third-order valence-electron chi connectivity index (χ3n) is 6.17. The van der Waals surface area contributed by atoms with Gasteiger partial charge in [-0.25, -0.2) is 5.01 Å². The highest BCUT2D eigenvalue weighted by molar-refractivity contribution is 6.09. The molecule has 4 rings (SSSR count). The van der Waals surface area contributed by atoms with E-state index < -0.39 is 12.8 Å². The van der Waals surface area contributed by atoms with E-state index in [0.717, 1.165) is 0 Å². The first-order chi connectivity index (χ1) is 17.8. The van der Waals surface area contributed by atoms with Crippen molar-refractivity contribution in [3.63, 3.8) is 0 Å². The predicted molar refractivity (Wildman–Crippen MR) is 132 cm³/mol. The number of alkyl halides is 2. The molecule has 2 atom stereocenters. The second-order valence-corrected chi connectivity index (χ2v) is 8.41. The van der Waals surface area contributed by atoms with Gasteiger partial charge in [0.25, 0.3) is 0 Å². The largest absolute Gasteiger partial charge is 0.493 e. The minimum Gasteiger partial charge on any atom is -0.493 e. The number of rotatable bonds is 9. The number of carbonyl (C=O) groups is 2. The number of nitrogens with zero attached hydrogens (tertiary/aromatic N) is 3. The van der Waals surface area contributed by atoms with Crippen LogP contribution in [-0.4, -0.2) is 41.1 Å². The van der Waals surface area contributed by atoms with Crippen molar-refractivity contribution in [1.82, 2.24) is 9.99 Å². The molecule has 0 fully saturated rings. The van der Waals surface area contributed by atoms with Gasteiger partial charge >= 0.3 is 6.61 Å². The summed E-state index contributed by atoms with van der Waals surface area (Å²) in [5, 5.41) is 5.81. The first-order valence-corrected chi connectivity index (χ1v) is 11.7. The number of hydrazone groups is 1. The molecule has 1 aromatic heterocycles. The molecule has 1 aliphatic rings. The zero-order valence-corrected chi connectivity index (χ0v) is 20.3. The molecule has 0 saturated carbocycles. The number of benzene rings is 2. The maximum absolute atomic E-state index is 13.0.